The van der Waals surface area contributed by atoms with E-state index in [0.29, 0.717) is 39.2 Å². The van der Waals surface area contributed by atoms with Crippen molar-refractivity contribution in [2.24, 2.45) is 5.73 Å². The van der Waals surface area contributed by atoms with Crippen LogP contribution in [0.3, 0.4) is 0 Å². The topological polar surface area (TPSA) is 44.5 Å². The lowest BCUT2D eigenvalue weighted by Crippen LogP contribution is -2.36. The zero-order valence-corrected chi connectivity index (χ0v) is 12.4. The Morgan fingerprint density at radius 1 is 1.24 bits per heavy atom. The van der Waals surface area contributed by atoms with Crippen molar-refractivity contribution >= 4 is 23.2 Å². The quantitative estimate of drug-likeness (QED) is 0.909. The minimum Gasteiger partial charge on any atom is -0.486 e. The second-order valence-corrected chi connectivity index (χ2v) is 5.48. The van der Waals surface area contributed by atoms with E-state index in [0.717, 1.165) is 0 Å². The number of fused-ring (bicyclic) bond motifs is 1. The summed E-state index contributed by atoms with van der Waals surface area (Å²) < 4.78 is 25.2. The van der Waals surface area contributed by atoms with Crippen LogP contribution in [0.5, 0.6) is 11.5 Å². The van der Waals surface area contributed by atoms with Crippen molar-refractivity contribution in [1.29, 1.82) is 0 Å². The lowest BCUT2D eigenvalue weighted by molar-refractivity contribution is 0.0971. The Balaban J connectivity index is 2.21. The first-order valence-electron chi connectivity index (χ1n) is 6.37. The Morgan fingerprint density at radius 2 is 1.95 bits per heavy atom. The normalized spacial score (nSPS) is 16.9. The van der Waals surface area contributed by atoms with Crippen molar-refractivity contribution in [3.05, 3.63) is 46.2 Å². The molecule has 0 fully saturated rings. The molecular weight excluding hydrogens is 316 g/mol. The first-order valence-corrected chi connectivity index (χ1v) is 7.13. The molecule has 0 radical (unpaired) electrons. The van der Waals surface area contributed by atoms with Crippen LogP contribution in [-0.2, 0) is 0 Å². The van der Waals surface area contributed by atoms with E-state index in [1.54, 1.807) is 18.2 Å². The van der Waals surface area contributed by atoms with E-state index in [2.05, 4.69) is 0 Å². The molecule has 1 atom stereocenters. The molecule has 1 heterocycles. The summed E-state index contributed by atoms with van der Waals surface area (Å²) >= 11 is 12.4. The van der Waals surface area contributed by atoms with Crippen LogP contribution in [-0.4, -0.2) is 19.3 Å². The molecule has 3 rings (SSSR count). The molecule has 2 aromatic carbocycles. The monoisotopic (exact) mass is 327 g/mol. The van der Waals surface area contributed by atoms with Gasteiger partial charge in [-0.3, -0.25) is 0 Å². The maximum atomic E-state index is 13.8. The Labute approximate surface area is 131 Å². The number of ether oxygens (including phenoxy) is 2. The van der Waals surface area contributed by atoms with Gasteiger partial charge in [0.25, 0.3) is 0 Å². The van der Waals surface area contributed by atoms with Gasteiger partial charge in [-0.15, -0.1) is 0 Å². The average Bonchev–Trinajstić information content (AvgIpc) is 2.46. The van der Waals surface area contributed by atoms with Crippen molar-refractivity contribution in [3.63, 3.8) is 0 Å². The highest BCUT2D eigenvalue weighted by molar-refractivity contribution is 6.39. The molecular formula is C15H12Cl2FNO2. The van der Waals surface area contributed by atoms with Crippen LogP contribution in [0, 0.1) is 5.82 Å². The summed E-state index contributed by atoms with van der Waals surface area (Å²) in [6.45, 7) is 0.579. The molecule has 3 nitrogen and oxygen atoms in total. The van der Waals surface area contributed by atoms with E-state index in [-0.39, 0.29) is 12.7 Å². The standard InChI is InChI=1S/C15H12Cl2FNO2/c16-11-2-1-3-12(17)14(11)10-4-8(18)5-13-15(10)21-9(6-19)7-20-13/h1-5,9H,6-7,19H2. The first kappa shape index (κ1) is 14.4. The summed E-state index contributed by atoms with van der Waals surface area (Å²) in [5.41, 5.74) is 6.58. The lowest BCUT2D eigenvalue weighted by atomic mass is 10.0. The van der Waals surface area contributed by atoms with E-state index >= 15 is 0 Å². The first-order chi connectivity index (χ1) is 10.1. The van der Waals surface area contributed by atoms with Crippen LogP contribution < -0.4 is 15.2 Å². The number of benzene rings is 2. The predicted octanol–water partition coefficient (Wildman–Crippen LogP) is 3.90. The molecule has 21 heavy (non-hydrogen) atoms. The largest absolute Gasteiger partial charge is 0.486 e. The van der Waals surface area contributed by atoms with Crippen molar-refractivity contribution < 1.29 is 13.9 Å². The van der Waals surface area contributed by atoms with Crippen LogP contribution in [0.1, 0.15) is 0 Å². The SMILES string of the molecule is NCC1COc2cc(F)cc(-c3c(Cl)cccc3Cl)c2O1. The molecule has 0 spiro atoms. The van der Waals surface area contributed by atoms with Gasteiger partial charge in [-0.05, 0) is 18.2 Å². The summed E-state index contributed by atoms with van der Waals surface area (Å²) in [5, 5.41) is 0.822. The van der Waals surface area contributed by atoms with Gasteiger partial charge in [-0.25, -0.2) is 4.39 Å². The molecule has 0 aliphatic carbocycles. The van der Waals surface area contributed by atoms with E-state index < -0.39 is 5.82 Å². The molecule has 0 saturated carbocycles. The number of rotatable bonds is 2. The zero-order valence-electron chi connectivity index (χ0n) is 10.9. The van der Waals surface area contributed by atoms with Gasteiger partial charge in [-0.1, -0.05) is 29.3 Å². The van der Waals surface area contributed by atoms with Gasteiger partial charge >= 0.3 is 0 Å². The smallest absolute Gasteiger partial charge is 0.169 e. The van der Waals surface area contributed by atoms with Crippen molar-refractivity contribution in [3.8, 4) is 22.6 Å². The second kappa shape index (κ2) is 5.72. The van der Waals surface area contributed by atoms with Gasteiger partial charge in [0.15, 0.2) is 11.5 Å². The number of hydrogen-bond donors (Lipinski definition) is 1. The Morgan fingerprint density at radius 3 is 2.62 bits per heavy atom. The molecule has 1 unspecified atom stereocenters. The maximum absolute atomic E-state index is 13.8. The Bertz CT molecular complexity index is 673. The Kier molecular flexibility index (Phi) is 3.93. The second-order valence-electron chi connectivity index (χ2n) is 4.66. The van der Waals surface area contributed by atoms with Crippen LogP contribution in [0.4, 0.5) is 4.39 Å². The average molecular weight is 328 g/mol. The molecule has 0 amide bonds. The van der Waals surface area contributed by atoms with Gasteiger partial charge in [0, 0.05) is 23.7 Å². The molecule has 1 aliphatic rings. The van der Waals surface area contributed by atoms with E-state index in [9.17, 15) is 4.39 Å². The molecule has 110 valence electrons. The minimum absolute atomic E-state index is 0.280. The maximum Gasteiger partial charge on any atom is 0.169 e. The number of hydrogen-bond acceptors (Lipinski definition) is 3. The molecule has 0 saturated heterocycles. The molecule has 1 aliphatic heterocycles. The van der Waals surface area contributed by atoms with Gasteiger partial charge in [0.2, 0.25) is 0 Å². The highest BCUT2D eigenvalue weighted by Crippen LogP contribution is 2.46. The van der Waals surface area contributed by atoms with Gasteiger partial charge in [0.1, 0.15) is 18.5 Å². The van der Waals surface area contributed by atoms with Crippen LogP contribution in [0.2, 0.25) is 10.0 Å². The lowest BCUT2D eigenvalue weighted by Gasteiger charge is -2.28. The fraction of sp³-hybridized carbons (Fsp3) is 0.200. The van der Waals surface area contributed by atoms with Crippen LogP contribution >= 0.6 is 23.2 Å². The molecule has 0 bridgehead atoms. The third-order valence-corrected chi connectivity index (χ3v) is 3.85. The van der Waals surface area contributed by atoms with Gasteiger partial charge in [0.05, 0.1) is 10.0 Å². The summed E-state index contributed by atoms with van der Waals surface area (Å²) in [5.74, 6) is 0.285. The minimum atomic E-state index is -0.450. The fourth-order valence-corrected chi connectivity index (χ4v) is 2.84. The van der Waals surface area contributed by atoms with Crippen molar-refractivity contribution in [2.75, 3.05) is 13.2 Å². The molecule has 2 N–H and O–H groups in total. The zero-order chi connectivity index (χ0) is 15.0. The highest BCUT2D eigenvalue weighted by atomic mass is 35.5. The Hall–Kier alpha value is -1.49. The molecule has 2 aromatic rings. The molecule has 0 aromatic heterocycles. The van der Waals surface area contributed by atoms with Crippen LogP contribution in [0.25, 0.3) is 11.1 Å². The van der Waals surface area contributed by atoms with Crippen molar-refractivity contribution in [1.82, 2.24) is 0 Å². The van der Waals surface area contributed by atoms with Crippen LogP contribution in [0.15, 0.2) is 30.3 Å². The third kappa shape index (κ3) is 2.67. The van der Waals surface area contributed by atoms with E-state index in [4.69, 9.17) is 38.4 Å². The summed E-state index contributed by atoms with van der Waals surface area (Å²) in [6, 6.07) is 7.69. The third-order valence-electron chi connectivity index (χ3n) is 3.22. The van der Waals surface area contributed by atoms with Gasteiger partial charge in [-0.2, -0.15) is 0 Å². The summed E-state index contributed by atoms with van der Waals surface area (Å²) in [4.78, 5) is 0. The summed E-state index contributed by atoms with van der Waals surface area (Å²) in [7, 11) is 0. The fourth-order valence-electron chi connectivity index (χ4n) is 2.24. The van der Waals surface area contributed by atoms with E-state index in [1.807, 2.05) is 0 Å². The predicted molar refractivity (Wildman–Crippen MR) is 80.8 cm³/mol. The van der Waals surface area contributed by atoms with E-state index in [1.165, 1.54) is 12.1 Å². The number of halogens is 3. The summed E-state index contributed by atoms with van der Waals surface area (Å²) in [6.07, 6.45) is -0.289. The van der Waals surface area contributed by atoms with Gasteiger partial charge < -0.3 is 15.2 Å². The highest BCUT2D eigenvalue weighted by Gasteiger charge is 2.26. The number of nitrogens with two attached hydrogens (primary N) is 1. The van der Waals surface area contributed by atoms with Crippen molar-refractivity contribution in [2.45, 2.75) is 6.10 Å². The molecule has 6 heteroatoms.